The van der Waals surface area contributed by atoms with Gasteiger partial charge in [-0.1, -0.05) is 36.2 Å². The first-order valence-electron chi connectivity index (χ1n) is 7.85. The first kappa shape index (κ1) is 16.5. The summed E-state index contributed by atoms with van der Waals surface area (Å²) < 4.78 is 5.56. The zero-order valence-electron chi connectivity index (χ0n) is 13.9. The van der Waals surface area contributed by atoms with E-state index in [9.17, 15) is 0 Å². The van der Waals surface area contributed by atoms with E-state index in [1.165, 1.54) is 5.56 Å². The Morgan fingerprint density at radius 2 is 1.83 bits per heavy atom. The van der Waals surface area contributed by atoms with E-state index in [4.69, 9.17) is 16.0 Å². The molecule has 0 aliphatic heterocycles. The number of hydrogen-bond donors (Lipinski definition) is 1. The van der Waals surface area contributed by atoms with Crippen LogP contribution in [0.2, 0.25) is 5.02 Å². The van der Waals surface area contributed by atoms with E-state index in [0.717, 1.165) is 23.4 Å². The minimum Gasteiger partial charge on any atom is -0.444 e. The molecule has 6 heteroatoms. The molecule has 0 spiro atoms. The third-order valence-electron chi connectivity index (χ3n) is 3.65. The van der Waals surface area contributed by atoms with Gasteiger partial charge in [-0.15, -0.1) is 0 Å². The standard InChI is InChI=1S/C18H19ClN4O/c1-4-15-16(19)17(22-12(3)21-15)20-9-14-10-24-18(23-14)13-7-5-11(2)6-8-13/h5-8,10H,4,9H2,1-3H3,(H,20,21,22). The Hall–Kier alpha value is -2.40. The fraction of sp³-hybridized carbons (Fsp3) is 0.278. The average molecular weight is 343 g/mol. The van der Waals surface area contributed by atoms with Crippen molar-refractivity contribution < 1.29 is 4.42 Å². The predicted molar refractivity (Wildman–Crippen MR) is 95.2 cm³/mol. The number of aryl methyl sites for hydroxylation is 3. The van der Waals surface area contributed by atoms with Crippen molar-refractivity contribution in [2.24, 2.45) is 0 Å². The Bertz CT molecular complexity index is 843. The molecule has 0 unspecified atom stereocenters. The van der Waals surface area contributed by atoms with E-state index in [1.54, 1.807) is 6.26 Å². The fourth-order valence-corrected chi connectivity index (χ4v) is 2.64. The predicted octanol–water partition coefficient (Wildman–Crippen LogP) is 4.58. The van der Waals surface area contributed by atoms with Crippen LogP contribution in [0.3, 0.4) is 0 Å². The van der Waals surface area contributed by atoms with Crippen LogP contribution in [0.25, 0.3) is 11.5 Å². The van der Waals surface area contributed by atoms with E-state index in [1.807, 2.05) is 45.0 Å². The van der Waals surface area contributed by atoms with Gasteiger partial charge in [-0.25, -0.2) is 15.0 Å². The number of nitrogens with one attached hydrogen (secondary N) is 1. The summed E-state index contributed by atoms with van der Waals surface area (Å²) in [5, 5.41) is 3.77. The monoisotopic (exact) mass is 342 g/mol. The van der Waals surface area contributed by atoms with Crippen molar-refractivity contribution in [2.45, 2.75) is 33.7 Å². The lowest BCUT2D eigenvalue weighted by Crippen LogP contribution is -2.06. The zero-order chi connectivity index (χ0) is 17.1. The molecule has 2 aromatic heterocycles. The van der Waals surface area contributed by atoms with Crippen molar-refractivity contribution in [3.63, 3.8) is 0 Å². The lowest BCUT2D eigenvalue weighted by atomic mass is 10.1. The Kier molecular flexibility index (Phi) is 4.81. The maximum absolute atomic E-state index is 6.33. The Balaban J connectivity index is 1.74. The molecular formula is C18H19ClN4O. The number of rotatable bonds is 5. The molecule has 0 aliphatic carbocycles. The normalized spacial score (nSPS) is 10.8. The van der Waals surface area contributed by atoms with E-state index in [0.29, 0.717) is 29.1 Å². The molecule has 0 bridgehead atoms. The van der Waals surface area contributed by atoms with E-state index >= 15 is 0 Å². The molecule has 2 heterocycles. The van der Waals surface area contributed by atoms with Crippen molar-refractivity contribution in [3.8, 4) is 11.5 Å². The lowest BCUT2D eigenvalue weighted by molar-refractivity contribution is 0.573. The van der Waals surface area contributed by atoms with Crippen molar-refractivity contribution in [3.05, 3.63) is 58.3 Å². The molecule has 3 rings (SSSR count). The molecule has 1 aromatic carbocycles. The molecule has 124 valence electrons. The summed E-state index contributed by atoms with van der Waals surface area (Å²) in [6.45, 7) is 6.40. The second-order valence-corrected chi connectivity index (χ2v) is 5.98. The maximum Gasteiger partial charge on any atom is 0.226 e. The molecule has 0 radical (unpaired) electrons. The molecule has 1 N–H and O–H groups in total. The number of halogens is 1. The molecule has 0 atom stereocenters. The van der Waals surface area contributed by atoms with Gasteiger partial charge < -0.3 is 9.73 Å². The van der Waals surface area contributed by atoms with Gasteiger partial charge in [0.1, 0.15) is 22.9 Å². The van der Waals surface area contributed by atoms with Gasteiger partial charge in [-0.05, 0) is 32.4 Å². The topological polar surface area (TPSA) is 63.8 Å². The summed E-state index contributed by atoms with van der Waals surface area (Å²) in [6.07, 6.45) is 2.41. The molecule has 0 saturated heterocycles. The second-order valence-electron chi connectivity index (χ2n) is 5.60. The Morgan fingerprint density at radius 3 is 2.54 bits per heavy atom. The Morgan fingerprint density at radius 1 is 1.08 bits per heavy atom. The highest BCUT2D eigenvalue weighted by Gasteiger charge is 2.11. The number of oxazole rings is 1. The third-order valence-corrected chi connectivity index (χ3v) is 4.05. The zero-order valence-corrected chi connectivity index (χ0v) is 14.7. The van der Waals surface area contributed by atoms with Gasteiger partial charge in [-0.3, -0.25) is 0 Å². The van der Waals surface area contributed by atoms with Gasteiger partial charge >= 0.3 is 0 Å². The van der Waals surface area contributed by atoms with Gasteiger partial charge in [0.05, 0.1) is 17.9 Å². The smallest absolute Gasteiger partial charge is 0.226 e. The summed E-state index contributed by atoms with van der Waals surface area (Å²) in [5.74, 6) is 1.92. The number of benzene rings is 1. The van der Waals surface area contributed by atoms with Crippen molar-refractivity contribution in [1.29, 1.82) is 0 Å². The Labute approximate surface area is 146 Å². The number of nitrogens with zero attached hydrogens (tertiary/aromatic N) is 3. The molecule has 0 aliphatic rings. The van der Waals surface area contributed by atoms with Crippen molar-refractivity contribution in [1.82, 2.24) is 15.0 Å². The first-order valence-corrected chi connectivity index (χ1v) is 8.23. The summed E-state index contributed by atoms with van der Waals surface area (Å²) in [4.78, 5) is 13.2. The van der Waals surface area contributed by atoms with Crippen LogP contribution < -0.4 is 5.32 Å². The van der Waals surface area contributed by atoms with Gasteiger partial charge in [0, 0.05) is 5.56 Å². The largest absolute Gasteiger partial charge is 0.444 e. The van der Waals surface area contributed by atoms with Crippen LogP contribution in [0.15, 0.2) is 34.9 Å². The summed E-state index contributed by atoms with van der Waals surface area (Å²) in [6, 6.07) is 8.06. The van der Waals surface area contributed by atoms with Gasteiger partial charge in [0.15, 0.2) is 0 Å². The summed E-state index contributed by atoms with van der Waals surface area (Å²) >= 11 is 6.33. The maximum atomic E-state index is 6.33. The van der Waals surface area contributed by atoms with Gasteiger partial charge in [0.25, 0.3) is 0 Å². The van der Waals surface area contributed by atoms with Crippen LogP contribution in [0, 0.1) is 13.8 Å². The molecule has 0 amide bonds. The molecule has 0 saturated carbocycles. The van der Waals surface area contributed by atoms with Crippen LogP contribution in [0.4, 0.5) is 5.82 Å². The first-order chi connectivity index (χ1) is 11.6. The van der Waals surface area contributed by atoms with Gasteiger partial charge in [-0.2, -0.15) is 0 Å². The SMILES string of the molecule is CCc1nc(C)nc(NCc2coc(-c3ccc(C)cc3)n2)c1Cl. The average Bonchev–Trinajstić information content (AvgIpc) is 3.05. The number of aromatic nitrogens is 3. The van der Waals surface area contributed by atoms with Crippen molar-refractivity contribution >= 4 is 17.4 Å². The third kappa shape index (κ3) is 3.57. The second kappa shape index (κ2) is 7.01. The molecule has 5 nitrogen and oxygen atoms in total. The van der Waals surface area contributed by atoms with Crippen LogP contribution in [-0.4, -0.2) is 15.0 Å². The van der Waals surface area contributed by atoms with E-state index in [2.05, 4.69) is 20.3 Å². The minimum atomic E-state index is 0.481. The van der Waals surface area contributed by atoms with Crippen LogP contribution in [0.1, 0.15) is 29.7 Å². The van der Waals surface area contributed by atoms with E-state index < -0.39 is 0 Å². The lowest BCUT2D eigenvalue weighted by Gasteiger charge is -2.09. The number of hydrogen-bond acceptors (Lipinski definition) is 5. The van der Waals surface area contributed by atoms with Crippen LogP contribution >= 0.6 is 11.6 Å². The molecular weight excluding hydrogens is 324 g/mol. The highest BCUT2D eigenvalue weighted by Crippen LogP contribution is 2.24. The van der Waals surface area contributed by atoms with Crippen LogP contribution in [-0.2, 0) is 13.0 Å². The quantitative estimate of drug-likeness (QED) is 0.735. The summed E-state index contributed by atoms with van der Waals surface area (Å²) in [7, 11) is 0. The molecule has 0 fully saturated rings. The number of anilines is 1. The highest BCUT2D eigenvalue weighted by molar-refractivity contribution is 6.33. The summed E-state index contributed by atoms with van der Waals surface area (Å²) in [5.41, 5.74) is 3.78. The molecule has 24 heavy (non-hydrogen) atoms. The molecule has 3 aromatic rings. The minimum absolute atomic E-state index is 0.481. The van der Waals surface area contributed by atoms with Gasteiger partial charge in [0.2, 0.25) is 5.89 Å². The van der Waals surface area contributed by atoms with Crippen LogP contribution in [0.5, 0.6) is 0 Å². The fourth-order valence-electron chi connectivity index (χ4n) is 2.36. The highest BCUT2D eigenvalue weighted by atomic mass is 35.5. The van der Waals surface area contributed by atoms with Crippen molar-refractivity contribution in [2.75, 3.05) is 5.32 Å². The van der Waals surface area contributed by atoms with E-state index in [-0.39, 0.29) is 0 Å².